The molecule has 1 radical (unpaired) electrons. The van der Waals surface area contributed by atoms with E-state index in [9.17, 15) is 0 Å². The molecular weight excluding hydrogens is 233 g/mol. The lowest BCUT2D eigenvalue weighted by Gasteiger charge is -1.99. The van der Waals surface area contributed by atoms with Crippen LogP contribution in [0.2, 0.25) is 5.02 Å². The molecule has 0 N–H and O–H groups in total. The maximum absolute atomic E-state index is 5.86. The molecule has 1 nitrogen and oxygen atoms in total. The zero-order chi connectivity index (χ0) is 7.84. The van der Waals surface area contributed by atoms with Crippen LogP contribution >= 0.6 is 45.8 Å². The van der Waals surface area contributed by atoms with Crippen LogP contribution < -0.4 is 4.72 Å². The molecule has 0 unspecified atom stereocenters. The van der Waals surface area contributed by atoms with Crippen molar-refractivity contribution in [1.29, 1.82) is 0 Å². The van der Waals surface area contributed by atoms with E-state index >= 15 is 0 Å². The number of halogens is 2. The number of nitrogens with zero attached hydrogens (tertiary/aromatic N) is 1. The molecule has 1 aliphatic rings. The largest absolute Gasteiger partial charge is 0.203 e. The van der Waals surface area contributed by atoms with Crippen molar-refractivity contribution < 1.29 is 0 Å². The summed E-state index contributed by atoms with van der Waals surface area (Å²) in [5.41, 5.74) is 2.24. The Morgan fingerprint density at radius 2 is 2.17 bits per heavy atom. The van der Waals surface area contributed by atoms with Crippen molar-refractivity contribution in [2.45, 2.75) is 11.8 Å². The molecule has 0 spiro atoms. The van der Waals surface area contributed by atoms with Crippen molar-refractivity contribution in [3.63, 3.8) is 0 Å². The summed E-state index contributed by atoms with van der Waals surface area (Å²) in [6.07, 6.45) is 0. The third-order valence-corrected chi connectivity index (χ3v) is 3.51. The number of hydrogen-bond donors (Lipinski definition) is 0. The molecule has 0 saturated carbocycles. The fraction of sp³-hybridized carbons (Fsp3) is 0.143. The molecule has 65 valence electrons. The third-order valence-electron chi connectivity index (χ3n) is 1.49. The molecule has 0 bridgehead atoms. The van der Waals surface area contributed by atoms with E-state index in [4.69, 9.17) is 11.6 Å². The SMILES string of the molecule is Cc1cc(Cl)cc2c1[N]SS2.Cl. The van der Waals surface area contributed by atoms with E-state index in [0.717, 1.165) is 16.3 Å². The average Bonchev–Trinajstić information content (AvgIpc) is 2.34. The fourth-order valence-corrected chi connectivity index (χ4v) is 3.23. The first-order chi connectivity index (χ1) is 5.27. The van der Waals surface area contributed by atoms with Gasteiger partial charge in [-0.2, -0.15) is 0 Å². The monoisotopic (exact) mass is 238 g/mol. The highest BCUT2D eigenvalue weighted by Gasteiger charge is 2.16. The first-order valence-electron chi connectivity index (χ1n) is 3.12. The number of aryl methyl sites for hydroxylation is 1. The summed E-state index contributed by atoms with van der Waals surface area (Å²) in [4.78, 5) is 1.18. The lowest BCUT2D eigenvalue weighted by molar-refractivity contribution is 1.25. The Bertz CT molecular complexity index is 304. The number of fused-ring (bicyclic) bond motifs is 1. The molecule has 1 aromatic carbocycles. The van der Waals surface area contributed by atoms with Crippen LogP contribution in [0, 0.1) is 6.92 Å². The Balaban J connectivity index is 0.000000720. The van der Waals surface area contributed by atoms with Crippen molar-refractivity contribution >= 4 is 51.5 Å². The Morgan fingerprint density at radius 1 is 1.42 bits per heavy atom. The molecule has 1 heterocycles. The van der Waals surface area contributed by atoms with E-state index in [2.05, 4.69) is 4.72 Å². The number of rotatable bonds is 0. The van der Waals surface area contributed by atoms with Crippen molar-refractivity contribution in [1.82, 2.24) is 4.72 Å². The normalized spacial score (nSPS) is 13.2. The Hall–Kier alpha value is 0.300. The molecule has 12 heavy (non-hydrogen) atoms. The molecule has 2 rings (SSSR count). The van der Waals surface area contributed by atoms with Gasteiger partial charge in [0, 0.05) is 20.9 Å². The minimum atomic E-state index is 0. The topological polar surface area (TPSA) is 14.1 Å². The average molecular weight is 239 g/mol. The second kappa shape index (κ2) is 4.01. The maximum atomic E-state index is 5.86. The van der Waals surface area contributed by atoms with E-state index in [1.165, 1.54) is 15.9 Å². The Labute approximate surface area is 90.6 Å². The highest BCUT2D eigenvalue weighted by Crippen LogP contribution is 2.47. The summed E-state index contributed by atoms with van der Waals surface area (Å²) < 4.78 is 4.26. The van der Waals surface area contributed by atoms with Crippen LogP contribution in [0.3, 0.4) is 0 Å². The van der Waals surface area contributed by atoms with Crippen LogP contribution in [0.15, 0.2) is 17.0 Å². The van der Waals surface area contributed by atoms with Gasteiger partial charge in [0.2, 0.25) is 0 Å². The predicted molar refractivity (Wildman–Crippen MR) is 58.7 cm³/mol. The van der Waals surface area contributed by atoms with Gasteiger partial charge in [-0.1, -0.05) is 11.6 Å². The smallest absolute Gasteiger partial charge is 0.0898 e. The fourth-order valence-electron chi connectivity index (χ4n) is 0.981. The van der Waals surface area contributed by atoms with Crippen molar-refractivity contribution in [2.24, 2.45) is 0 Å². The van der Waals surface area contributed by atoms with Gasteiger partial charge < -0.3 is 0 Å². The van der Waals surface area contributed by atoms with E-state index < -0.39 is 0 Å². The molecule has 0 aromatic heterocycles. The summed E-state index contributed by atoms with van der Waals surface area (Å²) in [5.74, 6) is 0. The summed E-state index contributed by atoms with van der Waals surface area (Å²) in [6.45, 7) is 2.03. The molecule has 1 aromatic rings. The van der Waals surface area contributed by atoms with Crippen molar-refractivity contribution in [3.05, 3.63) is 22.7 Å². The van der Waals surface area contributed by atoms with Gasteiger partial charge >= 0.3 is 0 Å². The Kier molecular flexibility index (Phi) is 3.47. The molecule has 0 aliphatic carbocycles. The van der Waals surface area contributed by atoms with E-state index in [-0.39, 0.29) is 12.4 Å². The predicted octanol–water partition coefficient (Wildman–Crippen LogP) is 3.98. The molecule has 0 fully saturated rings. The number of hydrogen-bond acceptors (Lipinski definition) is 2. The standard InChI is InChI=1S/C7H5ClNS2.ClH/c1-4-2-5(8)3-6-7(4)9-11-10-6;/h2-3H,1H3;1H. The van der Waals surface area contributed by atoms with Gasteiger partial charge in [0.1, 0.15) is 0 Å². The lowest BCUT2D eigenvalue weighted by atomic mass is 10.2. The van der Waals surface area contributed by atoms with Crippen molar-refractivity contribution in [2.75, 3.05) is 0 Å². The minimum Gasteiger partial charge on any atom is -0.203 e. The minimum absolute atomic E-state index is 0. The van der Waals surface area contributed by atoms with Gasteiger partial charge in [-0.3, -0.25) is 0 Å². The van der Waals surface area contributed by atoms with Crippen LogP contribution in [-0.2, 0) is 0 Å². The van der Waals surface area contributed by atoms with Crippen LogP contribution in [0.5, 0.6) is 0 Å². The summed E-state index contributed by atoms with van der Waals surface area (Å²) in [7, 11) is 3.17. The van der Waals surface area contributed by atoms with E-state index in [1.807, 2.05) is 19.1 Å². The van der Waals surface area contributed by atoms with Crippen LogP contribution in [-0.4, -0.2) is 0 Å². The highest BCUT2D eigenvalue weighted by atomic mass is 35.5. The van der Waals surface area contributed by atoms with E-state index in [1.54, 1.807) is 10.8 Å². The third kappa shape index (κ3) is 1.79. The Morgan fingerprint density at radius 3 is 2.92 bits per heavy atom. The maximum Gasteiger partial charge on any atom is 0.0898 e. The van der Waals surface area contributed by atoms with Crippen LogP contribution in [0.4, 0.5) is 5.69 Å². The first kappa shape index (κ1) is 10.4. The quantitative estimate of drug-likeness (QED) is 0.502. The molecular formula is C7H6Cl2NS2. The highest BCUT2D eigenvalue weighted by molar-refractivity contribution is 8.76. The summed E-state index contributed by atoms with van der Waals surface area (Å²) in [5, 5.41) is 0.798. The molecule has 0 saturated heterocycles. The lowest BCUT2D eigenvalue weighted by Crippen LogP contribution is -1.82. The van der Waals surface area contributed by atoms with Gasteiger partial charge in [-0.15, -0.1) is 12.4 Å². The molecule has 0 amide bonds. The van der Waals surface area contributed by atoms with Gasteiger partial charge in [0.05, 0.1) is 5.69 Å². The summed E-state index contributed by atoms with van der Waals surface area (Å²) >= 11 is 5.86. The zero-order valence-corrected chi connectivity index (χ0v) is 9.41. The van der Waals surface area contributed by atoms with Gasteiger partial charge in [0.25, 0.3) is 0 Å². The second-order valence-electron chi connectivity index (χ2n) is 2.32. The molecule has 1 aliphatic heterocycles. The van der Waals surface area contributed by atoms with Gasteiger partial charge in [-0.25, -0.2) is 4.72 Å². The molecule has 5 heteroatoms. The second-order valence-corrected chi connectivity index (χ2v) is 4.64. The first-order valence-corrected chi connectivity index (χ1v) is 5.61. The van der Waals surface area contributed by atoms with Gasteiger partial charge in [0.15, 0.2) is 0 Å². The zero-order valence-electron chi connectivity index (χ0n) is 6.20. The van der Waals surface area contributed by atoms with Crippen molar-refractivity contribution in [3.8, 4) is 0 Å². The van der Waals surface area contributed by atoms with Crippen LogP contribution in [0.1, 0.15) is 5.56 Å². The van der Waals surface area contributed by atoms with E-state index in [0.29, 0.717) is 0 Å². The summed E-state index contributed by atoms with van der Waals surface area (Å²) in [6, 6.07) is 3.90. The molecule has 0 atom stereocenters. The number of benzene rings is 1. The van der Waals surface area contributed by atoms with Gasteiger partial charge in [-0.05, 0) is 35.4 Å². The van der Waals surface area contributed by atoms with Crippen LogP contribution in [0.25, 0.3) is 0 Å².